The predicted octanol–water partition coefficient (Wildman–Crippen LogP) is 6.54. The average molecular weight is 405 g/mol. The van der Waals surface area contributed by atoms with Crippen LogP contribution >= 0.6 is 31.9 Å². The summed E-state index contributed by atoms with van der Waals surface area (Å²) in [5, 5.41) is 6.15. The topological polar surface area (TPSA) is 12.0 Å². The Morgan fingerprint density at radius 2 is 1.67 bits per heavy atom. The van der Waals surface area contributed by atoms with Gasteiger partial charge in [0.1, 0.15) is 0 Å². The maximum absolute atomic E-state index is 3.60. The number of nitrogens with one attached hydrogen (secondary N) is 1. The number of hydrogen-bond donors (Lipinski definition) is 1. The number of benzene rings is 3. The van der Waals surface area contributed by atoms with Crippen LogP contribution in [0.1, 0.15) is 18.5 Å². The Morgan fingerprint density at radius 1 is 0.905 bits per heavy atom. The first-order valence-electron chi connectivity index (χ1n) is 6.84. The maximum Gasteiger partial charge on any atom is 0.0500 e. The third kappa shape index (κ3) is 3.14. The summed E-state index contributed by atoms with van der Waals surface area (Å²) in [5.41, 5.74) is 2.39. The van der Waals surface area contributed by atoms with Gasteiger partial charge in [0.05, 0.1) is 5.69 Å². The summed E-state index contributed by atoms with van der Waals surface area (Å²) in [5.74, 6) is 0. The fourth-order valence-corrected chi connectivity index (χ4v) is 3.27. The zero-order valence-corrected chi connectivity index (χ0v) is 14.8. The van der Waals surface area contributed by atoms with Gasteiger partial charge in [-0.3, -0.25) is 0 Å². The molecule has 3 rings (SSSR count). The summed E-state index contributed by atoms with van der Waals surface area (Å²) in [6.07, 6.45) is 0. The smallest absolute Gasteiger partial charge is 0.0500 e. The van der Waals surface area contributed by atoms with E-state index in [0.29, 0.717) is 0 Å². The van der Waals surface area contributed by atoms with Gasteiger partial charge in [-0.05, 0) is 57.4 Å². The van der Waals surface area contributed by atoms with Crippen molar-refractivity contribution in [3.63, 3.8) is 0 Å². The highest BCUT2D eigenvalue weighted by Crippen LogP contribution is 2.31. The van der Waals surface area contributed by atoms with E-state index >= 15 is 0 Å². The SMILES string of the molecule is CC(Nc1cc(Br)ccc1Br)c1cccc2ccccc12. The minimum absolute atomic E-state index is 0.224. The summed E-state index contributed by atoms with van der Waals surface area (Å²) in [6, 6.07) is 21.3. The van der Waals surface area contributed by atoms with Crippen molar-refractivity contribution >= 4 is 48.3 Å². The number of halogens is 2. The Balaban J connectivity index is 1.97. The molecule has 0 spiro atoms. The second kappa shape index (κ2) is 6.20. The van der Waals surface area contributed by atoms with E-state index in [9.17, 15) is 0 Å². The van der Waals surface area contributed by atoms with E-state index in [1.54, 1.807) is 0 Å². The highest BCUT2D eigenvalue weighted by atomic mass is 79.9. The largest absolute Gasteiger partial charge is 0.378 e. The molecular weight excluding hydrogens is 390 g/mol. The molecule has 3 aromatic carbocycles. The molecule has 1 nitrogen and oxygen atoms in total. The van der Waals surface area contributed by atoms with Gasteiger partial charge in [-0.1, -0.05) is 58.4 Å². The Kier molecular flexibility index (Phi) is 4.32. The van der Waals surface area contributed by atoms with Crippen LogP contribution in [0.25, 0.3) is 10.8 Å². The third-order valence-corrected chi connectivity index (χ3v) is 4.78. The van der Waals surface area contributed by atoms with Crippen molar-refractivity contribution in [3.8, 4) is 0 Å². The number of rotatable bonds is 3. The molecule has 0 aliphatic rings. The Morgan fingerprint density at radius 3 is 2.52 bits per heavy atom. The van der Waals surface area contributed by atoms with Gasteiger partial charge in [-0.2, -0.15) is 0 Å². The molecule has 1 N–H and O–H groups in total. The van der Waals surface area contributed by atoms with E-state index in [-0.39, 0.29) is 6.04 Å². The fraction of sp³-hybridized carbons (Fsp3) is 0.111. The van der Waals surface area contributed by atoms with Crippen molar-refractivity contribution < 1.29 is 0 Å². The Bertz CT molecular complexity index is 778. The molecule has 0 saturated carbocycles. The lowest BCUT2D eigenvalue weighted by molar-refractivity contribution is 0.893. The normalized spacial score (nSPS) is 12.3. The monoisotopic (exact) mass is 403 g/mol. The van der Waals surface area contributed by atoms with Crippen molar-refractivity contribution in [1.82, 2.24) is 0 Å². The zero-order chi connectivity index (χ0) is 14.8. The van der Waals surface area contributed by atoms with Crippen LogP contribution in [0.3, 0.4) is 0 Å². The standard InChI is InChI=1S/C18H15Br2N/c1-12(21-18-11-14(19)9-10-17(18)20)15-8-4-6-13-5-2-3-7-16(13)15/h2-12,21H,1H3. The summed E-state index contributed by atoms with van der Waals surface area (Å²) < 4.78 is 2.14. The first-order valence-corrected chi connectivity index (χ1v) is 8.43. The lowest BCUT2D eigenvalue weighted by Crippen LogP contribution is -2.07. The molecule has 0 amide bonds. The van der Waals surface area contributed by atoms with Crippen molar-refractivity contribution in [2.75, 3.05) is 5.32 Å². The van der Waals surface area contributed by atoms with Crippen LogP contribution in [-0.4, -0.2) is 0 Å². The number of hydrogen-bond acceptors (Lipinski definition) is 1. The van der Waals surface area contributed by atoms with Crippen LogP contribution in [-0.2, 0) is 0 Å². The van der Waals surface area contributed by atoms with E-state index in [1.807, 2.05) is 12.1 Å². The molecule has 0 heterocycles. The number of anilines is 1. The molecular formula is C18H15Br2N. The van der Waals surface area contributed by atoms with E-state index in [0.717, 1.165) is 14.6 Å². The summed E-state index contributed by atoms with van der Waals surface area (Å²) >= 11 is 7.12. The van der Waals surface area contributed by atoms with E-state index < -0.39 is 0 Å². The second-order valence-corrected chi connectivity index (χ2v) is 6.83. The molecule has 1 unspecified atom stereocenters. The Hall–Kier alpha value is -1.32. The number of fused-ring (bicyclic) bond motifs is 1. The second-order valence-electron chi connectivity index (χ2n) is 5.06. The minimum Gasteiger partial charge on any atom is -0.378 e. The lowest BCUT2D eigenvalue weighted by Gasteiger charge is -2.19. The van der Waals surface area contributed by atoms with Crippen LogP contribution in [0.2, 0.25) is 0 Å². The van der Waals surface area contributed by atoms with Crippen LogP contribution in [0.15, 0.2) is 69.6 Å². The van der Waals surface area contributed by atoms with Crippen molar-refractivity contribution in [2.45, 2.75) is 13.0 Å². The predicted molar refractivity (Wildman–Crippen MR) is 97.8 cm³/mol. The lowest BCUT2D eigenvalue weighted by atomic mass is 9.99. The van der Waals surface area contributed by atoms with Crippen molar-refractivity contribution in [3.05, 3.63) is 75.2 Å². The molecule has 3 aromatic rings. The van der Waals surface area contributed by atoms with Crippen LogP contribution in [0, 0.1) is 0 Å². The molecule has 1 atom stereocenters. The fourth-order valence-electron chi connectivity index (χ4n) is 2.55. The van der Waals surface area contributed by atoms with Gasteiger partial charge >= 0.3 is 0 Å². The molecule has 0 aliphatic carbocycles. The van der Waals surface area contributed by atoms with Crippen molar-refractivity contribution in [1.29, 1.82) is 0 Å². The van der Waals surface area contributed by atoms with E-state index in [4.69, 9.17) is 0 Å². The molecule has 0 bridgehead atoms. The van der Waals surface area contributed by atoms with E-state index in [1.165, 1.54) is 16.3 Å². The molecule has 0 aromatic heterocycles. The third-order valence-electron chi connectivity index (χ3n) is 3.59. The van der Waals surface area contributed by atoms with Gasteiger partial charge < -0.3 is 5.32 Å². The van der Waals surface area contributed by atoms with Gasteiger partial charge in [0.25, 0.3) is 0 Å². The molecule has 3 heteroatoms. The van der Waals surface area contributed by atoms with Gasteiger partial charge in [-0.25, -0.2) is 0 Å². The minimum atomic E-state index is 0.224. The average Bonchev–Trinajstić information content (AvgIpc) is 2.50. The summed E-state index contributed by atoms with van der Waals surface area (Å²) in [7, 11) is 0. The van der Waals surface area contributed by atoms with Gasteiger partial charge in [0.2, 0.25) is 0 Å². The molecule has 0 aliphatic heterocycles. The van der Waals surface area contributed by atoms with Crippen molar-refractivity contribution in [2.24, 2.45) is 0 Å². The van der Waals surface area contributed by atoms with E-state index in [2.05, 4.69) is 92.6 Å². The molecule has 0 radical (unpaired) electrons. The highest BCUT2D eigenvalue weighted by Gasteiger charge is 2.10. The molecule has 0 saturated heterocycles. The molecule has 0 fully saturated rings. The highest BCUT2D eigenvalue weighted by molar-refractivity contribution is 9.11. The molecule has 106 valence electrons. The Labute approximate surface area is 141 Å². The first kappa shape index (κ1) is 14.6. The van der Waals surface area contributed by atoms with Crippen LogP contribution in [0.5, 0.6) is 0 Å². The summed E-state index contributed by atoms with van der Waals surface area (Å²) in [6.45, 7) is 2.19. The summed E-state index contributed by atoms with van der Waals surface area (Å²) in [4.78, 5) is 0. The zero-order valence-electron chi connectivity index (χ0n) is 11.6. The van der Waals surface area contributed by atoms with Crippen LogP contribution < -0.4 is 5.32 Å². The molecule has 21 heavy (non-hydrogen) atoms. The first-order chi connectivity index (χ1) is 10.1. The quantitative estimate of drug-likeness (QED) is 0.522. The van der Waals surface area contributed by atoms with Gasteiger partial charge in [0, 0.05) is 15.0 Å². The van der Waals surface area contributed by atoms with Crippen LogP contribution in [0.4, 0.5) is 5.69 Å². The maximum atomic E-state index is 3.60. The van der Waals surface area contributed by atoms with Gasteiger partial charge in [0.15, 0.2) is 0 Å². The van der Waals surface area contributed by atoms with Gasteiger partial charge in [-0.15, -0.1) is 0 Å².